The summed E-state index contributed by atoms with van der Waals surface area (Å²) in [6, 6.07) is 0. The van der Waals surface area contributed by atoms with Crippen LogP contribution >= 0.6 is 7.82 Å². The molecule has 0 aromatic heterocycles. The zero-order chi connectivity index (χ0) is 36.5. The van der Waals surface area contributed by atoms with Gasteiger partial charge in [0.2, 0.25) is 0 Å². The summed E-state index contributed by atoms with van der Waals surface area (Å²) in [7, 11) is 1.45. The molecular formula is C39H71NO8P+. The molecule has 0 fully saturated rings. The molecule has 0 aromatic rings. The molecule has 0 aliphatic carbocycles. The smallest absolute Gasteiger partial charge is 0.462 e. The van der Waals surface area contributed by atoms with Crippen LogP contribution in [0.25, 0.3) is 0 Å². The summed E-state index contributed by atoms with van der Waals surface area (Å²) in [6.07, 6.45) is 34.5. The average molecular weight is 713 g/mol. The molecule has 10 heteroatoms. The lowest BCUT2D eigenvalue weighted by Gasteiger charge is -2.24. The Morgan fingerprint density at radius 3 is 1.76 bits per heavy atom. The van der Waals surface area contributed by atoms with Gasteiger partial charge < -0.3 is 18.9 Å². The zero-order valence-corrected chi connectivity index (χ0v) is 32.6. The first kappa shape index (κ1) is 47.0. The molecule has 0 radical (unpaired) electrons. The van der Waals surface area contributed by atoms with Crippen molar-refractivity contribution >= 4 is 19.8 Å². The topological polar surface area (TPSA) is 108 Å². The zero-order valence-electron chi connectivity index (χ0n) is 31.7. The number of phosphoric ester groups is 1. The quantitative estimate of drug-likeness (QED) is 0.0236. The largest absolute Gasteiger partial charge is 0.472 e. The SMILES string of the molecule is CC/C=C\C/C=C\C/C=C\CCCCCCCC(=O)OC(COC(=O)CCCCCCC/C=C\CCC)COP(=O)(O)OCC[N+](C)(C)C. The van der Waals surface area contributed by atoms with Crippen LogP contribution in [0, 0.1) is 0 Å². The molecule has 0 aliphatic rings. The molecule has 0 amide bonds. The number of quaternary nitrogens is 1. The van der Waals surface area contributed by atoms with Gasteiger partial charge in [-0.1, -0.05) is 107 Å². The van der Waals surface area contributed by atoms with Crippen LogP contribution in [0.4, 0.5) is 0 Å². The van der Waals surface area contributed by atoms with Gasteiger partial charge in [-0.05, 0) is 64.2 Å². The van der Waals surface area contributed by atoms with Crippen molar-refractivity contribution in [1.82, 2.24) is 0 Å². The number of ether oxygens (including phenoxy) is 2. The van der Waals surface area contributed by atoms with E-state index in [1.54, 1.807) is 0 Å². The van der Waals surface area contributed by atoms with Crippen molar-refractivity contribution < 1.29 is 42.1 Å². The Morgan fingerprint density at radius 2 is 1.16 bits per heavy atom. The first-order valence-electron chi connectivity index (χ1n) is 18.9. The van der Waals surface area contributed by atoms with E-state index < -0.39 is 26.5 Å². The Labute approximate surface area is 299 Å². The van der Waals surface area contributed by atoms with Crippen molar-refractivity contribution in [2.75, 3.05) is 47.5 Å². The van der Waals surface area contributed by atoms with Crippen LogP contribution in [0.5, 0.6) is 0 Å². The minimum atomic E-state index is -4.37. The van der Waals surface area contributed by atoms with Crippen LogP contribution in [0.15, 0.2) is 48.6 Å². The number of carbonyl (C=O) groups is 2. The molecule has 0 rings (SSSR count). The third-order valence-corrected chi connectivity index (χ3v) is 8.56. The lowest BCUT2D eigenvalue weighted by Crippen LogP contribution is -2.37. The predicted molar refractivity (Wildman–Crippen MR) is 201 cm³/mol. The van der Waals surface area contributed by atoms with Gasteiger partial charge >= 0.3 is 19.8 Å². The molecule has 0 aromatic carbocycles. The van der Waals surface area contributed by atoms with Gasteiger partial charge in [-0.25, -0.2) is 4.57 Å². The molecule has 9 nitrogen and oxygen atoms in total. The van der Waals surface area contributed by atoms with E-state index in [0.29, 0.717) is 17.4 Å². The number of esters is 2. The Balaban J connectivity index is 4.49. The molecule has 2 atom stereocenters. The molecule has 0 saturated heterocycles. The summed E-state index contributed by atoms with van der Waals surface area (Å²) < 4.78 is 34.1. The van der Waals surface area contributed by atoms with E-state index in [0.717, 1.165) is 96.3 Å². The molecule has 0 saturated carbocycles. The molecule has 0 spiro atoms. The number of nitrogens with zero attached hydrogens (tertiary/aromatic N) is 1. The molecular weight excluding hydrogens is 641 g/mol. The summed E-state index contributed by atoms with van der Waals surface area (Å²) in [5.74, 6) is -0.838. The number of carbonyl (C=O) groups excluding carboxylic acids is 2. The average Bonchev–Trinajstić information content (AvgIpc) is 3.04. The summed E-state index contributed by atoms with van der Waals surface area (Å²) in [5.41, 5.74) is 0. The summed E-state index contributed by atoms with van der Waals surface area (Å²) in [6.45, 7) is 4.18. The number of rotatable bonds is 33. The van der Waals surface area contributed by atoms with Crippen LogP contribution in [-0.4, -0.2) is 74.9 Å². The summed E-state index contributed by atoms with van der Waals surface area (Å²) >= 11 is 0. The van der Waals surface area contributed by atoms with Crippen LogP contribution in [0.2, 0.25) is 0 Å². The highest BCUT2D eigenvalue weighted by molar-refractivity contribution is 7.47. The van der Waals surface area contributed by atoms with Gasteiger partial charge in [0.1, 0.15) is 19.8 Å². The molecule has 1 N–H and O–H groups in total. The maximum absolute atomic E-state index is 12.6. The Kier molecular flexibility index (Phi) is 30.6. The summed E-state index contributed by atoms with van der Waals surface area (Å²) in [4.78, 5) is 35.1. The van der Waals surface area contributed by atoms with Crippen LogP contribution in [-0.2, 0) is 32.7 Å². The predicted octanol–water partition coefficient (Wildman–Crippen LogP) is 9.96. The van der Waals surface area contributed by atoms with Crippen molar-refractivity contribution in [2.45, 2.75) is 142 Å². The fourth-order valence-corrected chi connectivity index (χ4v) is 5.36. The second-order valence-electron chi connectivity index (χ2n) is 13.6. The lowest BCUT2D eigenvalue weighted by atomic mass is 10.1. The van der Waals surface area contributed by atoms with Gasteiger partial charge in [0.05, 0.1) is 27.7 Å². The first-order valence-corrected chi connectivity index (χ1v) is 20.4. The highest BCUT2D eigenvalue weighted by Crippen LogP contribution is 2.43. The van der Waals surface area contributed by atoms with E-state index in [9.17, 15) is 19.0 Å². The van der Waals surface area contributed by atoms with E-state index in [1.807, 2.05) is 21.1 Å². The Morgan fingerprint density at radius 1 is 0.653 bits per heavy atom. The molecule has 284 valence electrons. The number of allylic oxidation sites excluding steroid dienone is 8. The van der Waals surface area contributed by atoms with Crippen molar-refractivity contribution in [3.8, 4) is 0 Å². The number of hydrogen-bond acceptors (Lipinski definition) is 7. The number of hydrogen-bond donors (Lipinski definition) is 1. The first-order chi connectivity index (χ1) is 23.5. The van der Waals surface area contributed by atoms with Gasteiger partial charge in [0, 0.05) is 12.8 Å². The van der Waals surface area contributed by atoms with Crippen molar-refractivity contribution in [1.29, 1.82) is 0 Å². The third-order valence-electron chi connectivity index (χ3n) is 7.57. The van der Waals surface area contributed by atoms with Crippen molar-refractivity contribution in [3.05, 3.63) is 48.6 Å². The fourth-order valence-electron chi connectivity index (χ4n) is 4.62. The summed E-state index contributed by atoms with van der Waals surface area (Å²) in [5, 5.41) is 0. The number of phosphoric acid groups is 1. The standard InChI is InChI=1S/C39H70NO8P/c1-6-8-10-12-14-16-18-19-20-21-22-24-26-28-30-32-39(42)48-37(36-47-49(43,44)46-34-33-40(3,4)5)35-45-38(41)31-29-27-25-23-17-15-13-11-9-7-2/h8,10-11,13-14,16,19-20,37H,6-7,9,12,15,17-18,21-36H2,1-5H3/p+1/b10-8-,13-11-,16-14-,20-19-. The van der Waals surface area contributed by atoms with E-state index in [4.69, 9.17) is 18.5 Å². The van der Waals surface area contributed by atoms with E-state index in [2.05, 4.69) is 62.5 Å². The highest BCUT2D eigenvalue weighted by atomic mass is 31.2. The second kappa shape index (κ2) is 31.9. The third kappa shape index (κ3) is 35.6. The van der Waals surface area contributed by atoms with Crippen molar-refractivity contribution in [3.63, 3.8) is 0 Å². The molecule has 0 bridgehead atoms. The molecule has 2 unspecified atom stereocenters. The van der Waals surface area contributed by atoms with Gasteiger partial charge in [0.25, 0.3) is 0 Å². The maximum Gasteiger partial charge on any atom is 0.472 e. The normalized spacial score (nSPS) is 14.3. The van der Waals surface area contributed by atoms with E-state index in [1.165, 1.54) is 6.42 Å². The Hall–Kier alpha value is -2.03. The monoisotopic (exact) mass is 712 g/mol. The number of unbranched alkanes of at least 4 members (excludes halogenated alkanes) is 11. The van der Waals surface area contributed by atoms with Crippen LogP contribution in [0.3, 0.4) is 0 Å². The highest BCUT2D eigenvalue weighted by Gasteiger charge is 2.27. The van der Waals surface area contributed by atoms with E-state index >= 15 is 0 Å². The number of likely N-dealkylation sites (N-methyl/N-ethyl adjacent to an activating group) is 1. The van der Waals surface area contributed by atoms with Gasteiger partial charge in [-0.15, -0.1) is 0 Å². The van der Waals surface area contributed by atoms with Gasteiger partial charge in [0.15, 0.2) is 6.10 Å². The minimum absolute atomic E-state index is 0.0249. The molecule has 49 heavy (non-hydrogen) atoms. The fraction of sp³-hybridized carbons (Fsp3) is 0.744. The van der Waals surface area contributed by atoms with Crippen molar-refractivity contribution in [2.24, 2.45) is 0 Å². The van der Waals surface area contributed by atoms with Gasteiger partial charge in [-0.3, -0.25) is 18.6 Å². The molecule has 0 aliphatic heterocycles. The Bertz CT molecular complexity index is 986. The van der Waals surface area contributed by atoms with Crippen LogP contribution < -0.4 is 0 Å². The molecule has 0 heterocycles. The maximum atomic E-state index is 12.6. The lowest BCUT2D eigenvalue weighted by molar-refractivity contribution is -0.870. The minimum Gasteiger partial charge on any atom is -0.462 e. The van der Waals surface area contributed by atoms with E-state index in [-0.39, 0.29) is 32.0 Å². The second-order valence-corrected chi connectivity index (χ2v) is 15.0. The van der Waals surface area contributed by atoms with Crippen LogP contribution in [0.1, 0.15) is 136 Å². The van der Waals surface area contributed by atoms with Gasteiger partial charge in [-0.2, -0.15) is 0 Å².